The van der Waals surface area contributed by atoms with Crippen LogP contribution in [0.5, 0.6) is 0 Å². The number of nitrogens with zero attached hydrogens (tertiary/aromatic N) is 2. The van der Waals surface area contributed by atoms with E-state index < -0.39 is 11.7 Å². The molecule has 4 nitrogen and oxygen atoms in total. The topological polar surface area (TPSA) is 54.9 Å². The van der Waals surface area contributed by atoms with Crippen molar-refractivity contribution in [1.82, 2.24) is 9.97 Å². The van der Waals surface area contributed by atoms with Gasteiger partial charge in [-0.15, -0.1) is 11.3 Å². The van der Waals surface area contributed by atoms with Crippen molar-refractivity contribution in [2.24, 2.45) is 0 Å². The molecule has 2 aromatic heterocycles. The molecule has 0 aliphatic carbocycles. The number of halogens is 2. The zero-order valence-corrected chi connectivity index (χ0v) is 13.7. The first-order valence-electron chi connectivity index (χ1n) is 6.76. The minimum Gasteiger partial charge on any atom is -0.320 e. The number of thiazole rings is 1. The SMILES string of the molecule is O=C(Nc1cccnc1)c1cccc(C#Cc2csc(Cl)n2)c1F. The summed E-state index contributed by atoms with van der Waals surface area (Å²) in [5.74, 6) is 4.14. The van der Waals surface area contributed by atoms with E-state index in [-0.39, 0.29) is 11.1 Å². The number of anilines is 1. The summed E-state index contributed by atoms with van der Waals surface area (Å²) in [7, 11) is 0. The van der Waals surface area contributed by atoms with Crippen molar-refractivity contribution in [2.75, 3.05) is 5.32 Å². The third-order valence-electron chi connectivity index (χ3n) is 2.96. The number of rotatable bonds is 2. The van der Waals surface area contributed by atoms with Crippen LogP contribution < -0.4 is 5.32 Å². The van der Waals surface area contributed by atoms with Gasteiger partial charge < -0.3 is 5.32 Å². The highest BCUT2D eigenvalue weighted by Crippen LogP contribution is 2.16. The molecule has 118 valence electrons. The van der Waals surface area contributed by atoms with Crippen LogP contribution >= 0.6 is 22.9 Å². The van der Waals surface area contributed by atoms with Gasteiger partial charge in [-0.3, -0.25) is 9.78 Å². The van der Waals surface area contributed by atoms with Gasteiger partial charge in [-0.2, -0.15) is 0 Å². The number of benzene rings is 1. The molecular weight excluding hydrogens is 349 g/mol. The van der Waals surface area contributed by atoms with Crippen molar-refractivity contribution in [2.45, 2.75) is 0 Å². The molecule has 0 radical (unpaired) electrons. The predicted octanol–water partition coefficient (Wildman–Crippen LogP) is 3.98. The second-order valence-electron chi connectivity index (χ2n) is 4.60. The van der Waals surface area contributed by atoms with E-state index in [1.807, 2.05) is 0 Å². The monoisotopic (exact) mass is 357 g/mol. The summed E-state index contributed by atoms with van der Waals surface area (Å²) in [6.07, 6.45) is 3.06. The summed E-state index contributed by atoms with van der Waals surface area (Å²) in [6.45, 7) is 0. The van der Waals surface area contributed by atoms with Crippen LogP contribution in [0.25, 0.3) is 0 Å². The first-order valence-corrected chi connectivity index (χ1v) is 8.02. The van der Waals surface area contributed by atoms with Crippen molar-refractivity contribution in [3.63, 3.8) is 0 Å². The van der Waals surface area contributed by atoms with E-state index in [9.17, 15) is 9.18 Å². The Labute approximate surface area is 146 Å². The lowest BCUT2D eigenvalue weighted by Crippen LogP contribution is -2.14. The maximum Gasteiger partial charge on any atom is 0.258 e. The van der Waals surface area contributed by atoms with Gasteiger partial charge in [-0.1, -0.05) is 23.6 Å². The Morgan fingerprint density at radius 1 is 1.25 bits per heavy atom. The fraction of sp³-hybridized carbons (Fsp3) is 0. The van der Waals surface area contributed by atoms with E-state index in [1.165, 1.54) is 29.7 Å². The Bertz CT molecular complexity index is 947. The van der Waals surface area contributed by atoms with Crippen LogP contribution in [0.2, 0.25) is 4.47 Å². The van der Waals surface area contributed by atoms with Gasteiger partial charge in [0.05, 0.1) is 23.0 Å². The molecule has 3 rings (SSSR count). The number of pyridine rings is 1. The predicted molar refractivity (Wildman–Crippen MR) is 91.7 cm³/mol. The first-order chi connectivity index (χ1) is 11.6. The van der Waals surface area contributed by atoms with Crippen molar-refractivity contribution >= 4 is 34.5 Å². The van der Waals surface area contributed by atoms with E-state index >= 15 is 0 Å². The summed E-state index contributed by atoms with van der Waals surface area (Å²) in [6, 6.07) is 7.80. The highest BCUT2D eigenvalue weighted by molar-refractivity contribution is 7.14. The number of nitrogens with one attached hydrogen (secondary N) is 1. The quantitative estimate of drug-likeness (QED) is 0.706. The standard InChI is InChI=1S/C17H9ClFN3OS/c18-17-22-13(10-24-17)7-6-11-3-1-5-14(15(11)19)16(23)21-12-4-2-8-20-9-12/h1-5,8-10H,(H,21,23). The number of carbonyl (C=O) groups excluding carboxylic acids is 1. The van der Waals surface area contributed by atoms with Crippen LogP contribution in [0.3, 0.4) is 0 Å². The van der Waals surface area contributed by atoms with Gasteiger partial charge in [-0.05, 0) is 30.2 Å². The van der Waals surface area contributed by atoms with Crippen LogP contribution in [0.4, 0.5) is 10.1 Å². The second kappa shape index (κ2) is 7.21. The fourth-order valence-corrected chi connectivity index (χ4v) is 2.58. The fourth-order valence-electron chi connectivity index (χ4n) is 1.88. The number of aromatic nitrogens is 2. The average Bonchev–Trinajstić information content (AvgIpc) is 3.00. The molecule has 0 fully saturated rings. The molecule has 0 bridgehead atoms. The number of amides is 1. The van der Waals surface area contributed by atoms with Gasteiger partial charge >= 0.3 is 0 Å². The van der Waals surface area contributed by atoms with E-state index in [4.69, 9.17) is 11.6 Å². The van der Waals surface area contributed by atoms with Gasteiger partial charge in [0.15, 0.2) is 10.3 Å². The van der Waals surface area contributed by atoms with Gasteiger partial charge in [0.1, 0.15) is 5.69 Å². The molecule has 24 heavy (non-hydrogen) atoms. The van der Waals surface area contributed by atoms with Gasteiger partial charge in [0.2, 0.25) is 0 Å². The van der Waals surface area contributed by atoms with Crippen molar-refractivity contribution in [3.8, 4) is 11.8 Å². The lowest BCUT2D eigenvalue weighted by Gasteiger charge is -2.06. The molecule has 1 N–H and O–H groups in total. The van der Waals surface area contributed by atoms with Crippen molar-refractivity contribution in [1.29, 1.82) is 0 Å². The summed E-state index contributed by atoms with van der Waals surface area (Å²) >= 11 is 6.97. The Balaban J connectivity index is 1.85. The lowest BCUT2D eigenvalue weighted by molar-refractivity contribution is 0.102. The summed E-state index contributed by atoms with van der Waals surface area (Å²) in [4.78, 5) is 20.1. The lowest BCUT2D eigenvalue weighted by atomic mass is 10.1. The molecular formula is C17H9ClFN3OS. The van der Waals surface area contributed by atoms with E-state index in [0.717, 1.165) is 0 Å². The molecule has 0 aliphatic heterocycles. The molecule has 1 aromatic carbocycles. The van der Waals surface area contributed by atoms with Crippen LogP contribution in [-0.4, -0.2) is 15.9 Å². The van der Waals surface area contributed by atoms with Crippen molar-refractivity contribution < 1.29 is 9.18 Å². The Hall–Kier alpha value is -2.75. The number of hydrogen-bond acceptors (Lipinski definition) is 4. The minimum atomic E-state index is -0.687. The molecule has 2 heterocycles. The summed E-state index contributed by atoms with van der Waals surface area (Å²) < 4.78 is 14.9. The number of carbonyl (C=O) groups is 1. The first kappa shape index (κ1) is 16.1. The molecule has 0 atom stereocenters. The summed E-state index contributed by atoms with van der Waals surface area (Å²) in [5.41, 5.74) is 0.949. The molecule has 3 aromatic rings. The zero-order chi connectivity index (χ0) is 16.9. The van der Waals surface area contributed by atoms with Crippen LogP contribution in [0, 0.1) is 17.7 Å². The second-order valence-corrected chi connectivity index (χ2v) is 6.04. The van der Waals surface area contributed by atoms with Gasteiger partial charge in [0.25, 0.3) is 5.91 Å². The molecule has 0 saturated carbocycles. The molecule has 0 saturated heterocycles. The average molecular weight is 358 g/mol. The maximum atomic E-state index is 14.5. The molecule has 1 amide bonds. The Morgan fingerprint density at radius 3 is 2.83 bits per heavy atom. The van der Waals surface area contributed by atoms with E-state index in [2.05, 4.69) is 27.1 Å². The summed E-state index contributed by atoms with van der Waals surface area (Å²) in [5, 5.41) is 4.26. The van der Waals surface area contributed by atoms with Crippen LogP contribution in [0.15, 0.2) is 48.1 Å². The molecule has 0 unspecified atom stereocenters. The number of hydrogen-bond donors (Lipinski definition) is 1. The van der Waals surface area contributed by atoms with E-state index in [1.54, 1.807) is 29.8 Å². The van der Waals surface area contributed by atoms with Gasteiger partial charge in [0, 0.05) is 11.6 Å². The maximum absolute atomic E-state index is 14.5. The molecule has 0 aliphatic rings. The largest absolute Gasteiger partial charge is 0.320 e. The van der Waals surface area contributed by atoms with Crippen molar-refractivity contribution in [3.05, 3.63) is 75.2 Å². The van der Waals surface area contributed by atoms with Crippen LogP contribution in [0.1, 0.15) is 21.6 Å². The van der Waals surface area contributed by atoms with Gasteiger partial charge in [-0.25, -0.2) is 9.37 Å². The molecule has 7 heteroatoms. The highest BCUT2D eigenvalue weighted by atomic mass is 35.5. The third kappa shape index (κ3) is 3.77. The van der Waals surface area contributed by atoms with E-state index in [0.29, 0.717) is 15.8 Å². The third-order valence-corrected chi connectivity index (χ3v) is 3.94. The smallest absolute Gasteiger partial charge is 0.258 e. The highest BCUT2D eigenvalue weighted by Gasteiger charge is 2.14. The van der Waals surface area contributed by atoms with Crippen LogP contribution in [-0.2, 0) is 0 Å². The molecule has 0 spiro atoms. The Morgan fingerprint density at radius 2 is 2.12 bits per heavy atom. The Kier molecular flexibility index (Phi) is 4.85. The zero-order valence-electron chi connectivity index (χ0n) is 12.1. The minimum absolute atomic E-state index is 0.0954. The normalized spacial score (nSPS) is 9.92.